The van der Waals surface area contributed by atoms with Gasteiger partial charge in [0.2, 0.25) is 0 Å². The molecule has 0 radical (unpaired) electrons. The summed E-state index contributed by atoms with van der Waals surface area (Å²) in [5.41, 5.74) is 2.81. The molecule has 0 aliphatic rings. The standard InChI is InChI=1S/C31H42N2O2Si/c1-7-32(8-2)27-20-16-25(17-21-27)31(30(34)35,24-36(5,6)29-14-12-11-13-15-29)26-18-22-28(23-19-26)33(9-3)10-4/h11-23H,7-10,24H2,1-6H3,(H,34,35). The van der Waals surface area contributed by atoms with Crippen molar-refractivity contribution in [2.45, 2.75) is 52.2 Å². The number of nitrogens with zero attached hydrogens (tertiary/aromatic N) is 2. The second-order valence-corrected chi connectivity index (χ2v) is 14.8. The molecule has 5 heteroatoms. The third-order valence-corrected chi connectivity index (χ3v) is 10.9. The molecule has 0 saturated heterocycles. The van der Waals surface area contributed by atoms with Crippen molar-refractivity contribution in [2.24, 2.45) is 0 Å². The number of anilines is 2. The fraction of sp³-hybridized carbons (Fsp3) is 0.387. The first kappa shape index (κ1) is 27.5. The Labute approximate surface area is 218 Å². The SMILES string of the molecule is CCN(CC)c1ccc(C(C[Si](C)(C)c2ccccc2)(C(=O)O)c2ccc(N(CC)CC)cc2)cc1. The molecule has 0 amide bonds. The Morgan fingerprint density at radius 3 is 1.42 bits per heavy atom. The topological polar surface area (TPSA) is 43.8 Å². The van der Waals surface area contributed by atoms with Gasteiger partial charge in [0.1, 0.15) is 5.41 Å². The number of carbonyl (C=O) groups is 1. The molecule has 36 heavy (non-hydrogen) atoms. The van der Waals surface area contributed by atoms with Crippen molar-refractivity contribution >= 4 is 30.6 Å². The van der Waals surface area contributed by atoms with Crippen LogP contribution < -0.4 is 15.0 Å². The molecule has 0 unspecified atom stereocenters. The van der Waals surface area contributed by atoms with Gasteiger partial charge in [-0.05, 0) is 69.1 Å². The van der Waals surface area contributed by atoms with Crippen molar-refractivity contribution in [2.75, 3.05) is 36.0 Å². The number of hydrogen-bond donors (Lipinski definition) is 1. The second kappa shape index (κ2) is 11.8. The van der Waals surface area contributed by atoms with E-state index in [1.165, 1.54) is 5.19 Å². The first-order valence-electron chi connectivity index (χ1n) is 13.2. The van der Waals surface area contributed by atoms with Gasteiger partial charge >= 0.3 is 5.97 Å². The van der Waals surface area contributed by atoms with Crippen molar-refractivity contribution in [1.82, 2.24) is 0 Å². The van der Waals surface area contributed by atoms with Crippen LogP contribution in [-0.2, 0) is 10.2 Å². The molecular weight excluding hydrogens is 460 g/mol. The third-order valence-electron chi connectivity index (χ3n) is 7.60. The van der Waals surface area contributed by atoms with Crippen LogP contribution in [0.15, 0.2) is 78.9 Å². The van der Waals surface area contributed by atoms with Crippen molar-refractivity contribution in [3.8, 4) is 0 Å². The van der Waals surface area contributed by atoms with Crippen LogP contribution in [0.5, 0.6) is 0 Å². The molecule has 0 bridgehead atoms. The Morgan fingerprint density at radius 2 is 1.08 bits per heavy atom. The lowest BCUT2D eigenvalue weighted by molar-refractivity contribution is -0.141. The predicted molar refractivity (Wildman–Crippen MR) is 157 cm³/mol. The van der Waals surface area contributed by atoms with E-state index in [1.807, 2.05) is 30.3 Å². The molecule has 0 heterocycles. The van der Waals surface area contributed by atoms with Crippen molar-refractivity contribution in [3.05, 3.63) is 90.0 Å². The molecule has 0 spiro atoms. The average molecular weight is 503 g/mol. The Morgan fingerprint density at radius 1 is 0.694 bits per heavy atom. The van der Waals surface area contributed by atoms with Gasteiger partial charge in [-0.15, -0.1) is 0 Å². The lowest BCUT2D eigenvalue weighted by Gasteiger charge is -2.38. The zero-order valence-corrected chi connectivity index (χ0v) is 23.8. The van der Waals surface area contributed by atoms with E-state index >= 15 is 0 Å². The van der Waals surface area contributed by atoms with Gasteiger partial charge in [-0.2, -0.15) is 0 Å². The van der Waals surface area contributed by atoms with E-state index < -0.39 is 19.5 Å². The molecule has 0 atom stereocenters. The predicted octanol–water partition coefficient (Wildman–Crippen LogP) is 6.37. The second-order valence-electron chi connectivity index (χ2n) is 10.1. The summed E-state index contributed by atoms with van der Waals surface area (Å²) in [7, 11) is -2.14. The van der Waals surface area contributed by atoms with E-state index in [9.17, 15) is 9.90 Å². The van der Waals surface area contributed by atoms with E-state index in [2.05, 4.69) is 99.1 Å². The maximum atomic E-state index is 13.4. The molecular formula is C31H42N2O2Si. The summed E-state index contributed by atoms with van der Waals surface area (Å²) in [6.45, 7) is 16.8. The molecule has 3 aromatic rings. The van der Waals surface area contributed by atoms with E-state index in [-0.39, 0.29) is 0 Å². The minimum absolute atomic E-state index is 0.578. The minimum atomic E-state index is -2.14. The van der Waals surface area contributed by atoms with Crippen LogP contribution in [-0.4, -0.2) is 45.3 Å². The summed E-state index contributed by atoms with van der Waals surface area (Å²) in [4.78, 5) is 18.0. The lowest BCUT2D eigenvalue weighted by Crippen LogP contribution is -2.51. The number of carboxylic acid groups (broad SMARTS) is 1. The molecule has 0 fully saturated rings. The van der Waals surface area contributed by atoms with Gasteiger partial charge in [-0.25, -0.2) is 0 Å². The molecule has 4 nitrogen and oxygen atoms in total. The smallest absolute Gasteiger partial charge is 0.318 e. The highest BCUT2D eigenvalue weighted by Gasteiger charge is 2.47. The molecule has 3 aromatic carbocycles. The van der Waals surface area contributed by atoms with E-state index in [1.54, 1.807) is 0 Å². The lowest BCUT2D eigenvalue weighted by atomic mass is 9.75. The van der Waals surface area contributed by atoms with Crippen molar-refractivity contribution in [1.29, 1.82) is 0 Å². The van der Waals surface area contributed by atoms with E-state index in [4.69, 9.17) is 0 Å². The van der Waals surface area contributed by atoms with Crippen LogP contribution in [0.3, 0.4) is 0 Å². The number of benzene rings is 3. The Bertz CT molecular complexity index is 1050. The maximum absolute atomic E-state index is 13.4. The zero-order valence-electron chi connectivity index (χ0n) is 22.8. The van der Waals surface area contributed by atoms with Crippen LogP contribution >= 0.6 is 0 Å². The zero-order chi connectivity index (χ0) is 26.3. The highest BCUT2D eigenvalue weighted by atomic mass is 28.3. The normalized spacial score (nSPS) is 11.8. The van der Waals surface area contributed by atoms with Gasteiger partial charge in [-0.3, -0.25) is 4.79 Å². The molecule has 0 aliphatic heterocycles. The molecule has 1 N–H and O–H groups in total. The first-order chi connectivity index (χ1) is 17.2. The highest BCUT2D eigenvalue weighted by molar-refractivity contribution is 6.90. The fourth-order valence-electron chi connectivity index (χ4n) is 5.44. The van der Waals surface area contributed by atoms with Crippen LogP contribution in [0, 0.1) is 0 Å². The molecule has 3 rings (SSSR count). The van der Waals surface area contributed by atoms with Gasteiger partial charge in [0.25, 0.3) is 0 Å². The Balaban J connectivity index is 2.19. The van der Waals surface area contributed by atoms with Gasteiger partial charge in [0.15, 0.2) is 0 Å². The van der Waals surface area contributed by atoms with E-state index in [0.29, 0.717) is 6.04 Å². The van der Waals surface area contributed by atoms with Gasteiger partial charge in [0.05, 0.1) is 8.07 Å². The number of aliphatic carboxylic acids is 1. The number of rotatable bonds is 12. The van der Waals surface area contributed by atoms with Crippen molar-refractivity contribution in [3.63, 3.8) is 0 Å². The summed E-state index contributed by atoms with van der Waals surface area (Å²) in [6, 6.07) is 27.5. The summed E-state index contributed by atoms with van der Waals surface area (Å²) in [5, 5.41) is 12.3. The minimum Gasteiger partial charge on any atom is -0.480 e. The summed E-state index contributed by atoms with van der Waals surface area (Å²) >= 11 is 0. The first-order valence-corrected chi connectivity index (χ1v) is 16.4. The summed E-state index contributed by atoms with van der Waals surface area (Å²) in [6.07, 6.45) is 0. The number of hydrogen-bond acceptors (Lipinski definition) is 3. The quantitative estimate of drug-likeness (QED) is 0.293. The van der Waals surface area contributed by atoms with E-state index in [0.717, 1.165) is 48.7 Å². The molecule has 0 aliphatic carbocycles. The maximum Gasteiger partial charge on any atom is 0.318 e. The van der Waals surface area contributed by atoms with Gasteiger partial charge in [0, 0.05) is 37.6 Å². The monoisotopic (exact) mass is 502 g/mol. The van der Waals surface area contributed by atoms with Crippen LogP contribution in [0.1, 0.15) is 38.8 Å². The largest absolute Gasteiger partial charge is 0.480 e. The van der Waals surface area contributed by atoms with Crippen LogP contribution in [0.2, 0.25) is 19.1 Å². The Kier molecular flexibility index (Phi) is 9.02. The highest BCUT2D eigenvalue weighted by Crippen LogP contribution is 2.41. The van der Waals surface area contributed by atoms with Gasteiger partial charge < -0.3 is 14.9 Å². The summed E-state index contributed by atoms with van der Waals surface area (Å²) in [5.74, 6) is -0.787. The van der Waals surface area contributed by atoms with Crippen LogP contribution in [0.25, 0.3) is 0 Å². The van der Waals surface area contributed by atoms with Crippen molar-refractivity contribution < 1.29 is 9.90 Å². The molecule has 0 aromatic heterocycles. The number of carboxylic acids is 1. The third kappa shape index (κ3) is 5.51. The molecule has 0 saturated carbocycles. The Hall–Kier alpha value is -3.05. The van der Waals surface area contributed by atoms with Crippen LogP contribution in [0.4, 0.5) is 11.4 Å². The van der Waals surface area contributed by atoms with Gasteiger partial charge in [-0.1, -0.05) is 72.9 Å². The fourth-order valence-corrected chi connectivity index (χ4v) is 8.62. The molecule has 192 valence electrons. The summed E-state index contributed by atoms with van der Waals surface area (Å²) < 4.78 is 0. The average Bonchev–Trinajstić information content (AvgIpc) is 2.90.